The lowest BCUT2D eigenvalue weighted by Crippen LogP contribution is -2.40. The minimum Gasteiger partial charge on any atom is -0.342 e. The van der Waals surface area contributed by atoms with E-state index in [0.717, 1.165) is 36.5 Å². The topological polar surface area (TPSA) is 59.2 Å². The van der Waals surface area contributed by atoms with Crippen molar-refractivity contribution >= 4 is 17.5 Å². The van der Waals surface area contributed by atoms with Gasteiger partial charge in [0.25, 0.3) is 0 Å². The summed E-state index contributed by atoms with van der Waals surface area (Å²) in [5.41, 5.74) is 1.18. The zero-order valence-corrected chi connectivity index (χ0v) is 14.6. The van der Waals surface area contributed by atoms with Crippen LogP contribution in [0.4, 0.5) is 0 Å². The predicted molar refractivity (Wildman–Crippen MR) is 92.0 cm³/mol. The van der Waals surface area contributed by atoms with Gasteiger partial charge in [0.15, 0.2) is 5.82 Å². The van der Waals surface area contributed by atoms with Crippen LogP contribution in [0.2, 0.25) is 5.02 Å². The molecule has 0 unspecified atom stereocenters. The minimum absolute atomic E-state index is 0.144. The molecule has 1 atom stereocenters. The summed E-state index contributed by atoms with van der Waals surface area (Å²) < 4.78 is 5.40. The summed E-state index contributed by atoms with van der Waals surface area (Å²) >= 11 is 5.91. The van der Waals surface area contributed by atoms with Crippen LogP contribution in [0.5, 0.6) is 0 Å². The van der Waals surface area contributed by atoms with Crippen molar-refractivity contribution in [3.63, 3.8) is 0 Å². The quantitative estimate of drug-likeness (QED) is 0.800. The maximum atomic E-state index is 12.2. The van der Waals surface area contributed by atoms with Gasteiger partial charge in [-0.25, -0.2) is 0 Å². The largest absolute Gasteiger partial charge is 0.342 e. The first-order valence-corrected chi connectivity index (χ1v) is 8.88. The lowest BCUT2D eigenvalue weighted by molar-refractivity contribution is -0.133. The first-order chi connectivity index (χ1) is 11.7. The number of hydrogen-bond acceptors (Lipinski definition) is 4. The highest BCUT2D eigenvalue weighted by Gasteiger charge is 2.29. The average Bonchev–Trinajstić information content (AvgIpc) is 3.05. The molecular formula is C18H22ClN3O2. The van der Waals surface area contributed by atoms with Crippen LogP contribution in [0.25, 0.3) is 0 Å². The molecule has 0 bridgehead atoms. The van der Waals surface area contributed by atoms with E-state index in [1.165, 1.54) is 5.56 Å². The fraction of sp³-hybridized carbons (Fsp3) is 0.500. The highest BCUT2D eigenvalue weighted by molar-refractivity contribution is 6.30. The highest BCUT2D eigenvalue weighted by atomic mass is 35.5. The number of piperidine rings is 1. The van der Waals surface area contributed by atoms with Gasteiger partial charge in [0.2, 0.25) is 11.8 Å². The second-order valence-electron chi connectivity index (χ2n) is 6.25. The van der Waals surface area contributed by atoms with Crippen LogP contribution in [0.1, 0.15) is 49.4 Å². The molecule has 0 N–H and O–H groups in total. The Hall–Kier alpha value is -1.88. The van der Waals surface area contributed by atoms with Crippen molar-refractivity contribution in [2.24, 2.45) is 0 Å². The van der Waals surface area contributed by atoms with Crippen molar-refractivity contribution < 1.29 is 9.32 Å². The number of rotatable bonds is 6. The van der Waals surface area contributed by atoms with Gasteiger partial charge in [-0.2, -0.15) is 4.98 Å². The summed E-state index contributed by atoms with van der Waals surface area (Å²) in [6, 6.07) is 7.77. The molecule has 24 heavy (non-hydrogen) atoms. The maximum absolute atomic E-state index is 12.2. The number of nitrogens with zero attached hydrogens (tertiary/aromatic N) is 3. The van der Waals surface area contributed by atoms with E-state index in [4.69, 9.17) is 16.1 Å². The molecule has 1 aliphatic rings. The van der Waals surface area contributed by atoms with Crippen LogP contribution in [0.15, 0.2) is 28.8 Å². The Morgan fingerprint density at radius 1 is 1.29 bits per heavy atom. The van der Waals surface area contributed by atoms with Crippen molar-refractivity contribution in [2.45, 2.75) is 44.9 Å². The molecule has 128 valence electrons. The van der Waals surface area contributed by atoms with Crippen molar-refractivity contribution in [1.29, 1.82) is 0 Å². The number of hydrogen-bond donors (Lipinski definition) is 0. The summed E-state index contributed by atoms with van der Waals surface area (Å²) in [4.78, 5) is 18.6. The molecule has 3 rings (SSSR count). The van der Waals surface area contributed by atoms with Gasteiger partial charge in [0, 0.05) is 31.0 Å². The fourth-order valence-electron chi connectivity index (χ4n) is 3.01. The molecule has 0 spiro atoms. The monoisotopic (exact) mass is 347 g/mol. The molecule has 1 amide bonds. The summed E-state index contributed by atoms with van der Waals surface area (Å²) in [6.45, 7) is 3.45. The van der Waals surface area contributed by atoms with Gasteiger partial charge in [-0.1, -0.05) is 35.8 Å². The molecule has 2 aromatic rings. The Morgan fingerprint density at radius 3 is 2.83 bits per heavy atom. The van der Waals surface area contributed by atoms with Crippen LogP contribution in [0.3, 0.4) is 0 Å². The Bertz CT molecular complexity index is 684. The first kappa shape index (κ1) is 17.0. The number of benzene rings is 1. The van der Waals surface area contributed by atoms with Crippen molar-refractivity contribution in [3.8, 4) is 0 Å². The molecule has 0 radical (unpaired) electrons. The van der Waals surface area contributed by atoms with E-state index >= 15 is 0 Å². The predicted octanol–water partition coefficient (Wildman–Crippen LogP) is 3.62. The third kappa shape index (κ3) is 4.15. The van der Waals surface area contributed by atoms with E-state index in [2.05, 4.69) is 17.1 Å². The van der Waals surface area contributed by atoms with E-state index in [1.807, 2.05) is 29.2 Å². The average molecular weight is 348 g/mol. The molecule has 1 aliphatic heterocycles. The van der Waals surface area contributed by atoms with Crippen molar-refractivity contribution in [1.82, 2.24) is 15.0 Å². The molecule has 5 nitrogen and oxygen atoms in total. The molecule has 1 fully saturated rings. The SMILES string of the molecule is CCCc1noc([C@H]2CCC(=O)N(CCc3ccc(Cl)cc3)C2)n1. The lowest BCUT2D eigenvalue weighted by atomic mass is 9.97. The van der Waals surface area contributed by atoms with Gasteiger partial charge in [-0.05, 0) is 37.0 Å². The standard InChI is InChI=1S/C18H22ClN3O2/c1-2-3-16-20-18(24-21-16)14-6-9-17(23)22(12-14)11-10-13-4-7-15(19)8-5-13/h4-5,7-8,14H,2-3,6,9-12H2,1H3/t14-/m0/s1. The van der Waals surface area contributed by atoms with E-state index < -0.39 is 0 Å². The fourth-order valence-corrected chi connectivity index (χ4v) is 3.13. The number of carbonyl (C=O) groups is 1. The number of amides is 1. The lowest BCUT2D eigenvalue weighted by Gasteiger charge is -2.31. The van der Waals surface area contributed by atoms with Gasteiger partial charge in [0.05, 0.1) is 5.92 Å². The summed E-state index contributed by atoms with van der Waals surface area (Å²) in [6.07, 6.45) is 3.96. The van der Waals surface area contributed by atoms with Gasteiger partial charge in [0.1, 0.15) is 0 Å². The Kier molecular flexibility index (Phi) is 5.51. The van der Waals surface area contributed by atoms with Gasteiger partial charge in [-0.15, -0.1) is 0 Å². The normalized spacial score (nSPS) is 18.2. The smallest absolute Gasteiger partial charge is 0.231 e. The second kappa shape index (κ2) is 7.79. The van der Waals surface area contributed by atoms with Gasteiger partial charge < -0.3 is 9.42 Å². The van der Waals surface area contributed by atoms with Crippen LogP contribution < -0.4 is 0 Å². The number of aryl methyl sites for hydroxylation is 1. The summed E-state index contributed by atoms with van der Waals surface area (Å²) in [7, 11) is 0. The number of carbonyl (C=O) groups excluding carboxylic acids is 1. The number of aromatic nitrogens is 2. The molecule has 0 saturated carbocycles. The van der Waals surface area contributed by atoms with E-state index in [-0.39, 0.29) is 11.8 Å². The summed E-state index contributed by atoms with van der Waals surface area (Å²) in [5.74, 6) is 1.78. The molecule has 1 saturated heterocycles. The molecule has 0 aliphatic carbocycles. The third-order valence-electron chi connectivity index (χ3n) is 4.39. The highest BCUT2D eigenvalue weighted by Crippen LogP contribution is 2.26. The molecule has 1 aromatic carbocycles. The van der Waals surface area contributed by atoms with Crippen LogP contribution in [-0.4, -0.2) is 34.0 Å². The first-order valence-electron chi connectivity index (χ1n) is 8.50. The molecule has 6 heteroatoms. The van der Waals surface area contributed by atoms with Gasteiger partial charge in [-0.3, -0.25) is 4.79 Å². The Labute approximate surface area is 147 Å². The minimum atomic E-state index is 0.144. The molecule has 1 aromatic heterocycles. The third-order valence-corrected chi connectivity index (χ3v) is 4.64. The van der Waals surface area contributed by atoms with Crippen LogP contribution in [-0.2, 0) is 17.6 Å². The van der Waals surface area contributed by atoms with E-state index in [9.17, 15) is 4.79 Å². The second-order valence-corrected chi connectivity index (χ2v) is 6.69. The van der Waals surface area contributed by atoms with E-state index in [1.54, 1.807) is 0 Å². The summed E-state index contributed by atoms with van der Waals surface area (Å²) in [5, 5.41) is 4.75. The van der Waals surface area contributed by atoms with Crippen molar-refractivity contribution in [3.05, 3.63) is 46.6 Å². The van der Waals surface area contributed by atoms with E-state index in [0.29, 0.717) is 25.4 Å². The van der Waals surface area contributed by atoms with Crippen LogP contribution in [0, 0.1) is 0 Å². The maximum Gasteiger partial charge on any atom is 0.231 e. The van der Waals surface area contributed by atoms with Gasteiger partial charge >= 0.3 is 0 Å². The Balaban J connectivity index is 1.60. The molecule has 2 heterocycles. The molecular weight excluding hydrogens is 326 g/mol. The van der Waals surface area contributed by atoms with Crippen molar-refractivity contribution in [2.75, 3.05) is 13.1 Å². The zero-order chi connectivity index (χ0) is 16.9. The number of halogens is 1. The van der Waals surface area contributed by atoms with Crippen LogP contribution >= 0.6 is 11.6 Å². The zero-order valence-electron chi connectivity index (χ0n) is 13.9. The Morgan fingerprint density at radius 2 is 2.08 bits per heavy atom. The number of likely N-dealkylation sites (tertiary alicyclic amines) is 1.